The number of imide groups is 1. The molecule has 0 aliphatic carbocycles. The molecule has 1 unspecified atom stereocenters. The first-order valence-electron chi connectivity index (χ1n) is 7.03. The Morgan fingerprint density at radius 3 is 2.64 bits per heavy atom. The van der Waals surface area contributed by atoms with Crippen molar-refractivity contribution in [1.29, 1.82) is 0 Å². The molecule has 0 spiro atoms. The van der Waals surface area contributed by atoms with Gasteiger partial charge in [-0.2, -0.15) is 0 Å². The Morgan fingerprint density at radius 1 is 1.27 bits per heavy atom. The average Bonchev–Trinajstić information content (AvgIpc) is 2.77. The lowest BCUT2D eigenvalue weighted by Gasteiger charge is -2.29. The predicted octanol–water partition coefficient (Wildman–Crippen LogP) is 1.17. The molecule has 7 heteroatoms. The number of anilines is 1. The van der Waals surface area contributed by atoms with Gasteiger partial charge in [-0.1, -0.05) is 17.7 Å². The van der Waals surface area contributed by atoms with Crippen molar-refractivity contribution in [3.05, 3.63) is 28.3 Å². The van der Waals surface area contributed by atoms with E-state index >= 15 is 0 Å². The number of piperidine rings is 1. The monoisotopic (exact) mass is 321 g/mol. The number of rotatable bonds is 2. The quantitative estimate of drug-likeness (QED) is 0.830. The van der Waals surface area contributed by atoms with Crippen molar-refractivity contribution >= 4 is 35.0 Å². The maximum atomic E-state index is 12.7. The Bertz CT molecular complexity index is 687. The molecule has 116 valence electrons. The highest BCUT2D eigenvalue weighted by Gasteiger charge is 2.40. The molecule has 0 aromatic heterocycles. The minimum absolute atomic E-state index is 0.243. The molecule has 22 heavy (non-hydrogen) atoms. The highest BCUT2D eigenvalue weighted by atomic mass is 35.5. The third-order valence-electron chi connectivity index (χ3n) is 4.09. The van der Waals surface area contributed by atoms with Crippen LogP contribution in [0.25, 0.3) is 0 Å². The van der Waals surface area contributed by atoms with Gasteiger partial charge in [-0.15, -0.1) is 0 Å². The lowest BCUT2D eigenvalue weighted by atomic mass is 10.0. The maximum Gasteiger partial charge on any atom is 0.256 e. The second-order valence-electron chi connectivity index (χ2n) is 5.73. The van der Waals surface area contributed by atoms with Crippen molar-refractivity contribution in [2.24, 2.45) is 0 Å². The summed E-state index contributed by atoms with van der Waals surface area (Å²) in [7, 11) is 3.70. The Hall–Kier alpha value is -2.08. The molecule has 2 aliphatic rings. The summed E-state index contributed by atoms with van der Waals surface area (Å²) in [6.45, 7) is 0.341. The van der Waals surface area contributed by atoms with Crippen LogP contribution in [0.3, 0.4) is 0 Å². The third-order valence-corrected chi connectivity index (χ3v) is 4.47. The van der Waals surface area contributed by atoms with Gasteiger partial charge in [-0.05, 0) is 18.1 Å². The van der Waals surface area contributed by atoms with Crippen LogP contribution in [0, 0.1) is 0 Å². The zero-order valence-electron chi connectivity index (χ0n) is 12.4. The van der Waals surface area contributed by atoms with Crippen molar-refractivity contribution in [2.75, 3.05) is 19.0 Å². The first-order chi connectivity index (χ1) is 10.4. The summed E-state index contributed by atoms with van der Waals surface area (Å²) in [6.07, 6.45) is 0.593. The second-order valence-corrected chi connectivity index (χ2v) is 6.11. The zero-order chi connectivity index (χ0) is 16.0. The lowest BCUT2D eigenvalue weighted by Crippen LogP contribution is -2.52. The Labute approximate surface area is 133 Å². The van der Waals surface area contributed by atoms with E-state index in [9.17, 15) is 14.4 Å². The van der Waals surface area contributed by atoms with Crippen LogP contribution in [-0.2, 0) is 16.1 Å². The molecule has 0 saturated carbocycles. The Balaban J connectivity index is 1.93. The van der Waals surface area contributed by atoms with Gasteiger partial charge in [0.1, 0.15) is 6.04 Å². The maximum absolute atomic E-state index is 12.7. The van der Waals surface area contributed by atoms with Gasteiger partial charge in [0.05, 0.1) is 16.3 Å². The van der Waals surface area contributed by atoms with Crippen LogP contribution in [-0.4, -0.2) is 42.8 Å². The molecule has 1 aromatic rings. The number of nitrogens with zero attached hydrogens (tertiary/aromatic N) is 2. The van der Waals surface area contributed by atoms with Crippen LogP contribution in [0.5, 0.6) is 0 Å². The summed E-state index contributed by atoms with van der Waals surface area (Å²) in [5, 5.41) is 2.69. The van der Waals surface area contributed by atoms with Gasteiger partial charge in [0.25, 0.3) is 5.91 Å². The molecule has 1 N–H and O–H groups in total. The molecule has 1 atom stereocenters. The lowest BCUT2D eigenvalue weighted by molar-refractivity contribution is -0.136. The standard InChI is InChI=1S/C15H16ClN3O3/c1-18(2)9-4-3-8-7-19(15(22)12(8)13(9)16)10-5-6-11(20)17-14(10)21/h3-4,10H,5-7H2,1-2H3,(H,17,20,21). The summed E-state index contributed by atoms with van der Waals surface area (Å²) < 4.78 is 0. The van der Waals surface area contributed by atoms with E-state index in [0.29, 0.717) is 23.6 Å². The first-order valence-corrected chi connectivity index (χ1v) is 7.41. The number of halogens is 1. The summed E-state index contributed by atoms with van der Waals surface area (Å²) in [4.78, 5) is 39.2. The zero-order valence-corrected chi connectivity index (χ0v) is 13.1. The van der Waals surface area contributed by atoms with Crippen LogP contribution < -0.4 is 10.2 Å². The SMILES string of the molecule is CN(C)c1ccc2c(c1Cl)C(=O)N(C1CCC(=O)NC1=O)C2. The van der Waals surface area contributed by atoms with Crippen molar-refractivity contribution in [2.45, 2.75) is 25.4 Å². The molecule has 0 radical (unpaired) electrons. The van der Waals surface area contributed by atoms with Gasteiger partial charge in [-0.3, -0.25) is 19.7 Å². The molecule has 2 heterocycles. The smallest absolute Gasteiger partial charge is 0.256 e. The van der Waals surface area contributed by atoms with E-state index in [0.717, 1.165) is 11.3 Å². The van der Waals surface area contributed by atoms with Crippen molar-refractivity contribution in [3.8, 4) is 0 Å². The predicted molar refractivity (Wildman–Crippen MR) is 81.8 cm³/mol. The highest BCUT2D eigenvalue weighted by Crippen LogP contribution is 2.37. The van der Waals surface area contributed by atoms with Crippen LogP contribution in [0.4, 0.5) is 5.69 Å². The number of carbonyl (C=O) groups is 3. The van der Waals surface area contributed by atoms with Crippen molar-refractivity contribution in [3.63, 3.8) is 0 Å². The average molecular weight is 322 g/mol. The first kappa shape index (κ1) is 14.8. The summed E-state index contributed by atoms with van der Waals surface area (Å²) >= 11 is 6.36. The number of nitrogens with one attached hydrogen (secondary N) is 1. The molecule has 1 fully saturated rings. The molecular formula is C15H16ClN3O3. The molecule has 0 bridgehead atoms. The molecule has 2 aliphatic heterocycles. The van der Waals surface area contributed by atoms with E-state index in [2.05, 4.69) is 5.32 Å². The van der Waals surface area contributed by atoms with Gasteiger partial charge in [0.15, 0.2) is 0 Å². The minimum Gasteiger partial charge on any atom is -0.376 e. The van der Waals surface area contributed by atoms with Gasteiger partial charge >= 0.3 is 0 Å². The number of benzene rings is 1. The Morgan fingerprint density at radius 2 is 2.00 bits per heavy atom. The summed E-state index contributed by atoms with van der Waals surface area (Å²) in [5.41, 5.74) is 2.03. The van der Waals surface area contributed by atoms with Crippen LogP contribution in [0.15, 0.2) is 12.1 Å². The topological polar surface area (TPSA) is 69.7 Å². The summed E-state index contributed by atoms with van der Waals surface area (Å²) in [5.74, 6) is -0.960. The molecule has 1 saturated heterocycles. The van der Waals surface area contributed by atoms with Gasteiger partial charge < -0.3 is 9.80 Å². The largest absolute Gasteiger partial charge is 0.376 e. The normalized spacial score (nSPS) is 21.0. The molecular weight excluding hydrogens is 306 g/mol. The van der Waals surface area contributed by atoms with Crippen molar-refractivity contribution < 1.29 is 14.4 Å². The fraction of sp³-hybridized carbons (Fsp3) is 0.400. The highest BCUT2D eigenvalue weighted by molar-refractivity contribution is 6.37. The molecule has 6 nitrogen and oxygen atoms in total. The number of hydrogen-bond acceptors (Lipinski definition) is 4. The van der Waals surface area contributed by atoms with E-state index in [1.54, 1.807) is 0 Å². The number of amides is 3. The van der Waals surface area contributed by atoms with Crippen molar-refractivity contribution in [1.82, 2.24) is 10.2 Å². The fourth-order valence-corrected chi connectivity index (χ4v) is 3.38. The van der Waals surface area contributed by atoms with Crippen LogP contribution >= 0.6 is 11.6 Å². The van der Waals surface area contributed by atoms with Gasteiger partial charge in [-0.25, -0.2) is 0 Å². The minimum atomic E-state index is -0.614. The molecule has 3 amide bonds. The van der Waals surface area contributed by atoms with E-state index in [-0.39, 0.29) is 18.2 Å². The van der Waals surface area contributed by atoms with E-state index in [1.165, 1.54) is 4.90 Å². The number of hydrogen-bond donors (Lipinski definition) is 1. The summed E-state index contributed by atoms with van der Waals surface area (Å²) in [6, 6.07) is 3.11. The van der Waals surface area contributed by atoms with Gasteiger partial charge in [0.2, 0.25) is 11.8 Å². The second kappa shape index (κ2) is 5.28. The Kier molecular flexibility index (Phi) is 3.56. The van der Waals surface area contributed by atoms with Gasteiger partial charge in [0, 0.05) is 27.1 Å². The van der Waals surface area contributed by atoms with E-state index < -0.39 is 11.9 Å². The molecule has 1 aromatic carbocycles. The van der Waals surface area contributed by atoms with Crippen LogP contribution in [0.2, 0.25) is 5.02 Å². The van der Waals surface area contributed by atoms with E-state index in [1.807, 2.05) is 31.1 Å². The molecule has 3 rings (SSSR count). The fourth-order valence-electron chi connectivity index (χ4n) is 2.94. The number of carbonyl (C=O) groups excluding carboxylic acids is 3. The number of fused-ring (bicyclic) bond motifs is 1. The third kappa shape index (κ3) is 2.23. The van der Waals surface area contributed by atoms with Crippen LogP contribution in [0.1, 0.15) is 28.8 Å². The van der Waals surface area contributed by atoms with E-state index in [4.69, 9.17) is 11.6 Å².